The second-order valence-corrected chi connectivity index (χ2v) is 1.72. The maximum Gasteiger partial charge on any atom is 0.0347 e. The molecule has 0 aliphatic carbocycles. The molecule has 0 aliphatic rings. The van der Waals surface area contributed by atoms with Crippen molar-refractivity contribution in [2.75, 3.05) is 6.26 Å². The van der Waals surface area contributed by atoms with Crippen molar-refractivity contribution < 1.29 is 4.21 Å². The lowest BCUT2D eigenvalue weighted by Crippen LogP contribution is -1.65. The van der Waals surface area contributed by atoms with E-state index in [2.05, 4.69) is 6.26 Å². The summed E-state index contributed by atoms with van der Waals surface area (Å²) in [6.45, 7) is 0. The fraction of sp³-hybridized carbons (Fsp3) is 0.500. The molecular weight excluding hydrogens is 72.1 g/mol. The fourth-order valence-corrected chi connectivity index (χ4v) is 0. The van der Waals surface area contributed by atoms with E-state index in [1.165, 1.54) is 6.26 Å². The van der Waals surface area contributed by atoms with Gasteiger partial charge in [0.25, 0.3) is 0 Å². The second-order valence-electron chi connectivity index (χ2n) is 0.573. The van der Waals surface area contributed by atoms with Crippen molar-refractivity contribution in [2.24, 2.45) is 0 Å². The average molecular weight is 77.1 g/mol. The van der Waals surface area contributed by atoms with E-state index in [-0.39, 0.29) is 0 Å². The summed E-state index contributed by atoms with van der Waals surface area (Å²) < 4.78 is 9.44. The van der Waals surface area contributed by atoms with Crippen LogP contribution in [0.2, 0.25) is 0 Å². The third-order valence-corrected chi connectivity index (χ3v) is 0. The van der Waals surface area contributed by atoms with Crippen LogP contribution in [-0.4, -0.2) is 10.5 Å². The Morgan fingerprint density at radius 1 is 2.00 bits per heavy atom. The summed E-state index contributed by atoms with van der Waals surface area (Å²) in [4.78, 5) is 0. The normalized spacial score (nSPS) is 8.75. The minimum absolute atomic E-state index is 0.861. The highest BCUT2D eigenvalue weighted by Crippen LogP contribution is 1.53. The highest BCUT2D eigenvalue weighted by Gasteiger charge is 1.58. The van der Waals surface area contributed by atoms with Gasteiger partial charge >= 0.3 is 0 Å². The molecule has 2 heteroatoms. The molecule has 0 heterocycles. The molecule has 0 rings (SSSR count). The molecule has 0 saturated carbocycles. The predicted molar refractivity (Wildman–Crippen MR) is 19.4 cm³/mol. The third kappa shape index (κ3) is 126. The lowest BCUT2D eigenvalue weighted by Gasteiger charge is -1.59. The van der Waals surface area contributed by atoms with Crippen molar-refractivity contribution in [3.05, 3.63) is 6.26 Å². The average Bonchev–Trinajstić information content (AvgIpc) is 0.811. The smallest absolute Gasteiger partial charge is 0.0347 e. The Hall–Kier alpha value is 0.150. The van der Waals surface area contributed by atoms with Crippen LogP contribution in [0.3, 0.4) is 0 Å². The van der Waals surface area contributed by atoms with Crippen molar-refractivity contribution in [3.8, 4) is 0 Å². The SMILES string of the molecule is [CH2]S(C)=O. The Kier molecular flexibility index (Phi) is 1.52. The van der Waals surface area contributed by atoms with Crippen molar-refractivity contribution >= 4 is 10.8 Å². The Bertz CT molecular complexity index is 29.0. The zero-order chi connectivity index (χ0) is 3.58. The van der Waals surface area contributed by atoms with Gasteiger partial charge in [0, 0.05) is 23.3 Å². The van der Waals surface area contributed by atoms with Crippen LogP contribution in [0.1, 0.15) is 0 Å². The van der Waals surface area contributed by atoms with Crippen LogP contribution in [0.25, 0.3) is 0 Å². The van der Waals surface area contributed by atoms with E-state index >= 15 is 0 Å². The summed E-state index contributed by atoms with van der Waals surface area (Å²) >= 11 is 0. The van der Waals surface area contributed by atoms with Gasteiger partial charge in [-0.05, 0) is 0 Å². The Labute approximate surface area is 28.5 Å². The van der Waals surface area contributed by atoms with E-state index in [1.807, 2.05) is 0 Å². The molecule has 1 unspecified atom stereocenters. The van der Waals surface area contributed by atoms with Crippen LogP contribution in [0.4, 0.5) is 0 Å². The maximum atomic E-state index is 9.44. The molecule has 1 atom stereocenters. The lowest BCUT2D eigenvalue weighted by atomic mass is 11.9. The van der Waals surface area contributed by atoms with Crippen LogP contribution in [0.5, 0.6) is 0 Å². The van der Waals surface area contributed by atoms with Gasteiger partial charge in [-0.2, -0.15) is 0 Å². The minimum atomic E-state index is -0.861. The molecule has 0 spiro atoms. The first kappa shape index (κ1) is 4.15. The topological polar surface area (TPSA) is 17.1 Å². The van der Waals surface area contributed by atoms with E-state index in [0.29, 0.717) is 0 Å². The number of hydrogen-bond donors (Lipinski definition) is 0. The van der Waals surface area contributed by atoms with Crippen molar-refractivity contribution in [1.82, 2.24) is 0 Å². The van der Waals surface area contributed by atoms with Crippen LogP contribution in [0, 0.1) is 6.26 Å². The summed E-state index contributed by atoms with van der Waals surface area (Å²) in [6.07, 6.45) is 4.64. The van der Waals surface area contributed by atoms with Crippen LogP contribution < -0.4 is 0 Å². The van der Waals surface area contributed by atoms with Crippen LogP contribution in [0.15, 0.2) is 0 Å². The summed E-state index contributed by atoms with van der Waals surface area (Å²) in [7, 11) is -0.861. The second kappa shape index (κ2) is 1.47. The van der Waals surface area contributed by atoms with E-state index in [0.717, 1.165) is 0 Å². The molecule has 1 radical (unpaired) electrons. The summed E-state index contributed by atoms with van der Waals surface area (Å²) in [6, 6.07) is 0. The predicted octanol–water partition coefficient (Wildman–Crippen LogP) is 0.156. The Morgan fingerprint density at radius 2 is 2.00 bits per heavy atom. The highest BCUT2D eigenvalue weighted by molar-refractivity contribution is 7.85. The first-order chi connectivity index (χ1) is 1.73. The lowest BCUT2D eigenvalue weighted by molar-refractivity contribution is 0.691. The summed E-state index contributed by atoms with van der Waals surface area (Å²) in [5.74, 6) is 0. The van der Waals surface area contributed by atoms with Crippen molar-refractivity contribution in [2.45, 2.75) is 0 Å². The summed E-state index contributed by atoms with van der Waals surface area (Å²) in [5, 5.41) is 0. The number of hydrogen-bond acceptors (Lipinski definition) is 1. The van der Waals surface area contributed by atoms with Gasteiger partial charge in [-0.1, -0.05) is 0 Å². The zero-order valence-electron chi connectivity index (χ0n) is 2.52. The Balaban J connectivity index is 2.80. The van der Waals surface area contributed by atoms with Gasteiger partial charge in [-0.3, -0.25) is 4.21 Å². The molecule has 4 heavy (non-hydrogen) atoms. The van der Waals surface area contributed by atoms with Crippen LogP contribution >= 0.6 is 0 Å². The van der Waals surface area contributed by atoms with Crippen molar-refractivity contribution in [3.63, 3.8) is 0 Å². The molecule has 0 aromatic carbocycles. The molecule has 1 nitrogen and oxygen atoms in total. The molecule has 0 fully saturated rings. The molecule has 0 aromatic rings. The van der Waals surface area contributed by atoms with Gasteiger partial charge in [0.2, 0.25) is 0 Å². The molecule has 0 bridgehead atoms. The Morgan fingerprint density at radius 3 is 2.00 bits per heavy atom. The molecule has 0 aliphatic heterocycles. The quantitative estimate of drug-likeness (QED) is 0.402. The molecule has 0 amide bonds. The van der Waals surface area contributed by atoms with Crippen LogP contribution in [-0.2, 0) is 10.8 Å². The van der Waals surface area contributed by atoms with E-state index in [4.69, 9.17) is 0 Å². The largest absolute Gasteiger partial charge is 0.260 e. The highest BCUT2D eigenvalue weighted by atomic mass is 32.2. The first-order valence-electron chi connectivity index (χ1n) is 0.864. The van der Waals surface area contributed by atoms with E-state index in [9.17, 15) is 4.21 Å². The number of rotatable bonds is 0. The van der Waals surface area contributed by atoms with Gasteiger partial charge in [0.05, 0.1) is 0 Å². The standard InChI is InChI=1S/C2H5OS/c1-4(2)3/h1H2,2H3. The van der Waals surface area contributed by atoms with Gasteiger partial charge in [0.15, 0.2) is 0 Å². The molecular formula is C2H5OS. The van der Waals surface area contributed by atoms with E-state index < -0.39 is 10.8 Å². The van der Waals surface area contributed by atoms with Gasteiger partial charge in [-0.15, -0.1) is 0 Å². The third-order valence-electron chi connectivity index (χ3n) is 0. The minimum Gasteiger partial charge on any atom is -0.260 e. The first-order valence-corrected chi connectivity index (χ1v) is 2.59. The molecule has 0 saturated heterocycles. The summed E-state index contributed by atoms with van der Waals surface area (Å²) in [5.41, 5.74) is 0. The van der Waals surface area contributed by atoms with E-state index in [1.54, 1.807) is 0 Å². The van der Waals surface area contributed by atoms with Gasteiger partial charge in [-0.25, -0.2) is 0 Å². The molecule has 25 valence electrons. The zero-order valence-corrected chi connectivity index (χ0v) is 3.34. The van der Waals surface area contributed by atoms with Crippen molar-refractivity contribution in [1.29, 1.82) is 0 Å². The molecule has 0 aromatic heterocycles. The molecule has 0 N–H and O–H groups in total. The monoisotopic (exact) mass is 77.0 g/mol. The maximum absolute atomic E-state index is 9.44. The van der Waals surface area contributed by atoms with Gasteiger partial charge < -0.3 is 0 Å². The van der Waals surface area contributed by atoms with Gasteiger partial charge in [0.1, 0.15) is 0 Å². The fourth-order valence-electron chi connectivity index (χ4n) is 0.